The van der Waals surface area contributed by atoms with Gasteiger partial charge in [0.15, 0.2) is 0 Å². The second-order valence-electron chi connectivity index (χ2n) is 13.7. The van der Waals surface area contributed by atoms with E-state index in [0.29, 0.717) is 56.1 Å². The quantitative estimate of drug-likeness (QED) is 0.0808. The van der Waals surface area contributed by atoms with E-state index in [2.05, 4.69) is 62.4 Å². The van der Waals surface area contributed by atoms with Crippen molar-refractivity contribution in [2.45, 2.75) is 64.8 Å². The molecule has 0 fully saturated rings. The average molecular weight is 765 g/mol. The van der Waals surface area contributed by atoms with Crippen LogP contribution in [0.5, 0.6) is 34.8 Å². The van der Waals surface area contributed by atoms with Crippen molar-refractivity contribution in [3.05, 3.63) is 156 Å². The molecular weight excluding hydrogens is 717 g/mol. The van der Waals surface area contributed by atoms with Gasteiger partial charge in [-0.25, -0.2) is 9.97 Å². The largest absolute Gasteiger partial charge is 0.494 e. The Bertz CT molecular complexity index is 1970. The van der Waals surface area contributed by atoms with Crippen LogP contribution in [0.25, 0.3) is 0 Å². The number of para-hydroxylation sites is 2. The van der Waals surface area contributed by atoms with Crippen LogP contribution >= 0.6 is 0 Å². The van der Waals surface area contributed by atoms with Gasteiger partial charge in [-0.15, -0.1) is 0 Å². The minimum atomic E-state index is -0.857. The van der Waals surface area contributed by atoms with Crippen LogP contribution in [0.4, 0.5) is 0 Å². The average Bonchev–Trinajstić information content (AvgIpc) is 3.20. The topological polar surface area (TPSA) is 71.9 Å². The molecule has 2 atom stereocenters. The zero-order valence-electron chi connectivity index (χ0n) is 32.5. The number of benzene rings is 4. The van der Waals surface area contributed by atoms with Gasteiger partial charge in [-0.3, -0.25) is 0 Å². The summed E-state index contributed by atoms with van der Waals surface area (Å²) in [6.07, 6.45) is 0. The van der Waals surface area contributed by atoms with Crippen LogP contribution < -0.4 is 29.3 Å². The Morgan fingerprint density at radius 2 is 0.855 bits per heavy atom. The van der Waals surface area contributed by atoms with E-state index in [1.807, 2.05) is 113 Å². The molecule has 0 spiro atoms. The number of ether oxygens (including phenoxy) is 5. The van der Waals surface area contributed by atoms with Crippen molar-refractivity contribution in [3.63, 3.8) is 0 Å². The first-order valence-electron chi connectivity index (χ1n) is 18.7. The summed E-state index contributed by atoms with van der Waals surface area (Å²) in [6.45, 7) is 13.6. The summed E-state index contributed by atoms with van der Waals surface area (Å²) >= 11 is 0. The van der Waals surface area contributed by atoms with Crippen molar-refractivity contribution in [2.24, 2.45) is 0 Å². The third kappa shape index (κ3) is 10.5. The van der Waals surface area contributed by atoms with Crippen LogP contribution in [0.1, 0.15) is 50.2 Å². The Labute approximate surface area is 330 Å². The van der Waals surface area contributed by atoms with E-state index < -0.39 is 11.2 Å². The third-order valence-corrected chi connectivity index (χ3v) is 12.3. The van der Waals surface area contributed by atoms with Crippen molar-refractivity contribution < 1.29 is 23.7 Å². The molecule has 55 heavy (non-hydrogen) atoms. The van der Waals surface area contributed by atoms with Crippen LogP contribution in [0.2, 0.25) is 12.1 Å². The molecule has 0 N–H and O–H groups in total. The second-order valence-corrected chi connectivity index (χ2v) is 16.2. The third-order valence-electron chi connectivity index (χ3n) is 9.14. The fourth-order valence-corrected chi connectivity index (χ4v) is 8.48. The van der Waals surface area contributed by atoms with Crippen molar-refractivity contribution >= 4 is 29.4 Å². The molecule has 4 radical (unpaired) electrons. The van der Waals surface area contributed by atoms with Crippen LogP contribution in [0.3, 0.4) is 0 Å². The molecule has 0 saturated heterocycles. The zero-order chi connectivity index (χ0) is 38.7. The molecule has 2 unspecified atom stereocenters. The minimum absolute atomic E-state index is 0.423. The first-order chi connectivity index (χ1) is 26.7. The molecule has 7 nitrogen and oxygen atoms in total. The molecule has 0 saturated carbocycles. The normalized spacial score (nSPS) is 13.3. The SMILES string of the molecule is CCOc1ccc([Si]CC(C)(OC(C)(C[Si]c2ccc(OCC)cc2)c2ccc(C)c(Oc3ccccc3)n2)c2ccc(C)c(Oc3ccccc3)n2)cc1. The lowest BCUT2D eigenvalue weighted by molar-refractivity contribution is -0.136. The number of hydrogen-bond donors (Lipinski definition) is 0. The Morgan fingerprint density at radius 1 is 0.473 bits per heavy atom. The molecule has 280 valence electrons. The Balaban J connectivity index is 1.40. The van der Waals surface area contributed by atoms with E-state index in [4.69, 9.17) is 33.7 Å². The number of pyridine rings is 2. The standard InChI is InChI=1S/C46H48N2O5Si2/c1-7-49-35-21-25-39(26-22-35)54-31-45(5,41-29-19-33(3)43(47-41)51-37-15-11-9-12-16-37)53-46(6,32-55-40-27-23-36(24-28-40)50-8-2)42-30-20-34(4)44(48-42)52-38-17-13-10-14-18-38/h9-30H,7-8,31-32H2,1-6H3. The number of aryl methyl sites for hydroxylation is 2. The fraction of sp³-hybridized carbons (Fsp3) is 0.261. The Kier molecular flexibility index (Phi) is 13.2. The zero-order valence-corrected chi connectivity index (χ0v) is 34.5. The molecule has 4 aromatic carbocycles. The Morgan fingerprint density at radius 3 is 1.22 bits per heavy atom. The monoisotopic (exact) mass is 764 g/mol. The highest BCUT2D eigenvalue weighted by Gasteiger charge is 2.41. The van der Waals surface area contributed by atoms with Crippen molar-refractivity contribution in [3.8, 4) is 34.8 Å². The summed E-state index contributed by atoms with van der Waals surface area (Å²) in [7, 11) is 0.846. The van der Waals surface area contributed by atoms with Gasteiger partial charge in [0, 0.05) is 11.1 Å². The van der Waals surface area contributed by atoms with E-state index in [-0.39, 0.29) is 0 Å². The number of nitrogens with zero attached hydrogens (tertiary/aromatic N) is 2. The molecule has 0 aliphatic carbocycles. The summed E-state index contributed by atoms with van der Waals surface area (Å²) < 4.78 is 31.8. The molecule has 2 heterocycles. The van der Waals surface area contributed by atoms with Gasteiger partial charge in [0.2, 0.25) is 11.8 Å². The maximum atomic E-state index is 7.58. The van der Waals surface area contributed by atoms with Gasteiger partial charge in [-0.2, -0.15) is 0 Å². The van der Waals surface area contributed by atoms with E-state index in [0.717, 1.165) is 45.5 Å². The first-order valence-corrected chi connectivity index (χ1v) is 21.1. The highest BCUT2D eigenvalue weighted by atomic mass is 28.2. The maximum absolute atomic E-state index is 7.58. The van der Waals surface area contributed by atoms with Gasteiger partial charge >= 0.3 is 0 Å². The highest BCUT2D eigenvalue weighted by Crippen LogP contribution is 2.42. The molecule has 6 rings (SSSR count). The summed E-state index contributed by atoms with van der Waals surface area (Å²) in [4.78, 5) is 10.4. The second kappa shape index (κ2) is 18.4. The Hall–Kier alpha value is -5.23. The van der Waals surface area contributed by atoms with Crippen molar-refractivity contribution in [2.75, 3.05) is 13.2 Å². The van der Waals surface area contributed by atoms with Gasteiger partial charge < -0.3 is 23.7 Å². The van der Waals surface area contributed by atoms with Crippen LogP contribution in [-0.4, -0.2) is 42.2 Å². The molecule has 9 heteroatoms. The van der Waals surface area contributed by atoms with Gasteiger partial charge in [0.05, 0.1) is 43.6 Å². The highest BCUT2D eigenvalue weighted by molar-refractivity contribution is 6.54. The van der Waals surface area contributed by atoms with E-state index in [1.165, 1.54) is 10.4 Å². The van der Waals surface area contributed by atoms with E-state index in [1.54, 1.807) is 0 Å². The van der Waals surface area contributed by atoms with Gasteiger partial charge in [-0.1, -0.05) is 83.2 Å². The maximum Gasteiger partial charge on any atom is 0.222 e. The molecule has 0 aliphatic rings. The van der Waals surface area contributed by atoms with Crippen LogP contribution in [-0.2, 0) is 15.9 Å². The summed E-state index contributed by atoms with van der Waals surface area (Å²) in [5, 5.41) is 2.41. The summed E-state index contributed by atoms with van der Waals surface area (Å²) in [5.41, 5.74) is 1.73. The number of hydrogen-bond acceptors (Lipinski definition) is 7. The molecule has 2 aromatic heterocycles. The van der Waals surface area contributed by atoms with Gasteiger partial charge in [0.1, 0.15) is 34.2 Å². The first kappa shape index (κ1) is 39.5. The number of aromatic nitrogens is 2. The molecular formula is C46H48N2O5Si2. The predicted molar refractivity (Wildman–Crippen MR) is 222 cm³/mol. The molecule has 0 bridgehead atoms. The molecule has 0 amide bonds. The fourth-order valence-electron chi connectivity index (χ4n) is 6.08. The van der Waals surface area contributed by atoms with Crippen LogP contribution in [0.15, 0.2) is 133 Å². The summed E-state index contributed by atoms with van der Waals surface area (Å²) in [6, 6.07) is 45.8. The van der Waals surface area contributed by atoms with E-state index >= 15 is 0 Å². The lowest BCUT2D eigenvalue weighted by atomic mass is 9.97. The van der Waals surface area contributed by atoms with Gasteiger partial charge in [0.25, 0.3) is 0 Å². The van der Waals surface area contributed by atoms with E-state index in [9.17, 15) is 0 Å². The minimum Gasteiger partial charge on any atom is -0.494 e. The van der Waals surface area contributed by atoms with Crippen LogP contribution in [0, 0.1) is 13.8 Å². The lowest BCUT2D eigenvalue weighted by Crippen LogP contribution is -2.42. The molecule has 6 aromatic rings. The molecule has 0 aliphatic heterocycles. The predicted octanol–water partition coefficient (Wildman–Crippen LogP) is 9.52. The van der Waals surface area contributed by atoms with Gasteiger partial charge in [-0.05, 0) is 114 Å². The van der Waals surface area contributed by atoms with Crippen molar-refractivity contribution in [1.29, 1.82) is 0 Å². The van der Waals surface area contributed by atoms with Crippen molar-refractivity contribution in [1.82, 2.24) is 9.97 Å². The number of rotatable bonds is 18. The summed E-state index contributed by atoms with van der Waals surface area (Å²) in [5.74, 6) is 4.27. The lowest BCUT2D eigenvalue weighted by Gasteiger charge is -2.40. The smallest absolute Gasteiger partial charge is 0.222 e.